The molecule has 17 heavy (non-hydrogen) atoms. The second-order valence-corrected chi connectivity index (χ2v) is 5.85. The van der Waals surface area contributed by atoms with E-state index in [-0.39, 0.29) is 11.9 Å². The van der Waals surface area contributed by atoms with Crippen LogP contribution in [-0.4, -0.2) is 11.6 Å². The lowest BCUT2D eigenvalue weighted by Gasteiger charge is -2.24. The molecule has 0 radical (unpaired) electrons. The van der Waals surface area contributed by atoms with Crippen molar-refractivity contribution >= 4 is 5.97 Å². The SMILES string of the molecule is C=CCC(CCC(C)CC)C(=O)OC(C)(C)C. The Kier molecular flexibility index (Phi) is 7.17. The first-order valence-electron chi connectivity index (χ1n) is 6.63. The van der Waals surface area contributed by atoms with Gasteiger partial charge < -0.3 is 4.74 Å². The molecule has 0 saturated carbocycles. The van der Waals surface area contributed by atoms with Gasteiger partial charge in [0.15, 0.2) is 0 Å². The van der Waals surface area contributed by atoms with Crippen LogP contribution in [0.5, 0.6) is 0 Å². The normalized spacial score (nSPS) is 15.1. The average molecular weight is 240 g/mol. The summed E-state index contributed by atoms with van der Waals surface area (Å²) in [7, 11) is 0. The first-order valence-corrected chi connectivity index (χ1v) is 6.63. The molecule has 100 valence electrons. The van der Waals surface area contributed by atoms with Crippen LogP contribution in [0, 0.1) is 11.8 Å². The van der Waals surface area contributed by atoms with Gasteiger partial charge in [-0.2, -0.15) is 0 Å². The molecule has 0 saturated heterocycles. The summed E-state index contributed by atoms with van der Waals surface area (Å²) in [5.41, 5.74) is -0.396. The Balaban J connectivity index is 4.30. The fourth-order valence-corrected chi connectivity index (χ4v) is 1.61. The van der Waals surface area contributed by atoms with E-state index in [1.807, 2.05) is 26.8 Å². The zero-order valence-electron chi connectivity index (χ0n) is 12.1. The van der Waals surface area contributed by atoms with E-state index in [1.165, 1.54) is 0 Å². The monoisotopic (exact) mass is 240 g/mol. The summed E-state index contributed by atoms with van der Waals surface area (Å²) in [5, 5.41) is 0. The average Bonchev–Trinajstić information content (AvgIpc) is 2.20. The molecule has 0 amide bonds. The molecule has 0 aromatic rings. The van der Waals surface area contributed by atoms with Gasteiger partial charge in [0.1, 0.15) is 5.60 Å². The highest BCUT2D eigenvalue weighted by Gasteiger charge is 2.24. The number of hydrogen-bond acceptors (Lipinski definition) is 2. The van der Waals surface area contributed by atoms with Crippen molar-refractivity contribution in [3.05, 3.63) is 12.7 Å². The highest BCUT2D eigenvalue weighted by Crippen LogP contribution is 2.21. The van der Waals surface area contributed by atoms with Crippen molar-refractivity contribution in [3.8, 4) is 0 Å². The van der Waals surface area contributed by atoms with E-state index in [9.17, 15) is 4.79 Å². The Morgan fingerprint density at radius 1 is 1.35 bits per heavy atom. The van der Waals surface area contributed by atoms with E-state index in [2.05, 4.69) is 20.4 Å². The summed E-state index contributed by atoms with van der Waals surface area (Å²) in [6.45, 7) is 13.8. The van der Waals surface area contributed by atoms with E-state index >= 15 is 0 Å². The molecule has 0 spiro atoms. The van der Waals surface area contributed by atoms with E-state index in [0.29, 0.717) is 12.3 Å². The summed E-state index contributed by atoms with van der Waals surface area (Å²) in [6.07, 6.45) is 5.66. The second-order valence-electron chi connectivity index (χ2n) is 5.85. The van der Waals surface area contributed by atoms with Crippen molar-refractivity contribution in [2.24, 2.45) is 11.8 Å². The van der Waals surface area contributed by atoms with E-state index < -0.39 is 5.60 Å². The number of rotatable bonds is 7. The van der Waals surface area contributed by atoms with Gasteiger partial charge >= 0.3 is 5.97 Å². The van der Waals surface area contributed by atoms with Crippen molar-refractivity contribution in [1.82, 2.24) is 0 Å². The van der Waals surface area contributed by atoms with Gasteiger partial charge in [0.05, 0.1) is 5.92 Å². The predicted octanol–water partition coefficient (Wildman–Crippen LogP) is 4.35. The Bertz CT molecular complexity index is 238. The third-order valence-electron chi connectivity index (χ3n) is 2.90. The lowest BCUT2D eigenvalue weighted by atomic mass is 9.93. The van der Waals surface area contributed by atoms with Crippen LogP contribution in [0.25, 0.3) is 0 Å². The number of ether oxygens (including phenoxy) is 1. The molecule has 0 rings (SSSR count). The van der Waals surface area contributed by atoms with E-state index in [1.54, 1.807) is 0 Å². The molecule has 0 N–H and O–H groups in total. The molecular weight excluding hydrogens is 212 g/mol. The predicted molar refractivity (Wildman–Crippen MR) is 72.8 cm³/mol. The molecule has 2 unspecified atom stereocenters. The molecule has 0 aliphatic carbocycles. The van der Waals surface area contributed by atoms with Crippen LogP contribution >= 0.6 is 0 Å². The quantitative estimate of drug-likeness (QED) is 0.488. The lowest BCUT2D eigenvalue weighted by Crippen LogP contribution is -2.28. The van der Waals surface area contributed by atoms with Gasteiger partial charge in [0.2, 0.25) is 0 Å². The van der Waals surface area contributed by atoms with Gasteiger partial charge in [-0.05, 0) is 46.0 Å². The van der Waals surface area contributed by atoms with Crippen LogP contribution in [0.1, 0.15) is 60.3 Å². The Labute approximate surface area is 106 Å². The van der Waals surface area contributed by atoms with Crippen LogP contribution in [0.15, 0.2) is 12.7 Å². The number of allylic oxidation sites excluding steroid dienone is 1. The van der Waals surface area contributed by atoms with Crippen molar-refractivity contribution in [3.63, 3.8) is 0 Å². The van der Waals surface area contributed by atoms with Gasteiger partial charge in [-0.1, -0.05) is 26.3 Å². The fraction of sp³-hybridized carbons (Fsp3) is 0.800. The Hall–Kier alpha value is -0.790. The van der Waals surface area contributed by atoms with Crippen LogP contribution in [-0.2, 0) is 9.53 Å². The minimum atomic E-state index is -0.396. The standard InChI is InChI=1S/C15H28O2/c1-7-9-13(11-10-12(3)8-2)14(16)17-15(4,5)6/h7,12-13H,1,8-11H2,2-6H3. The van der Waals surface area contributed by atoms with Crippen LogP contribution in [0.4, 0.5) is 0 Å². The first-order chi connectivity index (χ1) is 7.80. The van der Waals surface area contributed by atoms with Gasteiger partial charge in [-0.25, -0.2) is 0 Å². The topological polar surface area (TPSA) is 26.3 Å². The smallest absolute Gasteiger partial charge is 0.309 e. The third-order valence-corrected chi connectivity index (χ3v) is 2.90. The first kappa shape index (κ1) is 16.2. The molecule has 2 atom stereocenters. The Morgan fingerprint density at radius 2 is 1.94 bits per heavy atom. The molecule has 0 aromatic heterocycles. The number of hydrogen-bond donors (Lipinski definition) is 0. The Morgan fingerprint density at radius 3 is 2.35 bits per heavy atom. The summed E-state index contributed by atoms with van der Waals surface area (Å²) >= 11 is 0. The third kappa shape index (κ3) is 8.00. The maximum Gasteiger partial charge on any atom is 0.309 e. The number of esters is 1. The van der Waals surface area contributed by atoms with Gasteiger partial charge in [-0.15, -0.1) is 6.58 Å². The van der Waals surface area contributed by atoms with E-state index in [4.69, 9.17) is 4.74 Å². The summed E-state index contributed by atoms with van der Waals surface area (Å²) in [6, 6.07) is 0. The van der Waals surface area contributed by atoms with Crippen LogP contribution < -0.4 is 0 Å². The maximum atomic E-state index is 12.0. The van der Waals surface area contributed by atoms with Crippen molar-refractivity contribution < 1.29 is 9.53 Å². The van der Waals surface area contributed by atoms with Gasteiger partial charge in [0, 0.05) is 0 Å². The molecule has 2 nitrogen and oxygen atoms in total. The molecule has 0 fully saturated rings. The minimum Gasteiger partial charge on any atom is -0.460 e. The van der Waals surface area contributed by atoms with E-state index in [0.717, 1.165) is 19.3 Å². The van der Waals surface area contributed by atoms with Crippen LogP contribution in [0.2, 0.25) is 0 Å². The summed E-state index contributed by atoms with van der Waals surface area (Å²) < 4.78 is 5.43. The number of carbonyl (C=O) groups is 1. The molecule has 0 heterocycles. The van der Waals surface area contributed by atoms with Crippen molar-refractivity contribution in [2.75, 3.05) is 0 Å². The fourth-order valence-electron chi connectivity index (χ4n) is 1.61. The summed E-state index contributed by atoms with van der Waals surface area (Å²) in [4.78, 5) is 12.0. The van der Waals surface area contributed by atoms with Crippen LogP contribution in [0.3, 0.4) is 0 Å². The van der Waals surface area contributed by atoms with Crippen molar-refractivity contribution in [2.45, 2.75) is 65.9 Å². The van der Waals surface area contributed by atoms with Gasteiger partial charge in [0.25, 0.3) is 0 Å². The highest BCUT2D eigenvalue weighted by atomic mass is 16.6. The molecule has 0 aromatic carbocycles. The zero-order valence-corrected chi connectivity index (χ0v) is 12.1. The van der Waals surface area contributed by atoms with Gasteiger partial charge in [-0.3, -0.25) is 4.79 Å². The molecule has 0 bridgehead atoms. The lowest BCUT2D eigenvalue weighted by molar-refractivity contribution is -0.160. The van der Waals surface area contributed by atoms with Crippen molar-refractivity contribution in [1.29, 1.82) is 0 Å². The minimum absolute atomic E-state index is 0.0271. The largest absolute Gasteiger partial charge is 0.460 e. The highest BCUT2D eigenvalue weighted by molar-refractivity contribution is 5.73. The number of carbonyl (C=O) groups excluding carboxylic acids is 1. The summed E-state index contributed by atoms with van der Waals surface area (Å²) in [5.74, 6) is 0.561. The molecule has 0 aliphatic heterocycles. The zero-order chi connectivity index (χ0) is 13.5. The molecule has 0 aliphatic rings. The molecule has 2 heteroatoms. The maximum absolute atomic E-state index is 12.0. The molecular formula is C15H28O2. The second kappa shape index (κ2) is 7.52.